The van der Waals surface area contributed by atoms with Crippen LogP contribution in [0.15, 0.2) is 108 Å². The van der Waals surface area contributed by atoms with Gasteiger partial charge in [0, 0.05) is 27.6 Å². The van der Waals surface area contributed by atoms with Crippen LogP contribution in [-0.2, 0) is 9.53 Å². The number of aromatic hydroxyl groups is 1. The van der Waals surface area contributed by atoms with Gasteiger partial charge in [-0.15, -0.1) is 11.8 Å². The van der Waals surface area contributed by atoms with Crippen LogP contribution in [0.3, 0.4) is 0 Å². The summed E-state index contributed by atoms with van der Waals surface area (Å²) in [4.78, 5) is 25.5. The number of phenols is 1. The fourth-order valence-electron chi connectivity index (χ4n) is 3.83. The second-order valence-electron chi connectivity index (χ2n) is 7.99. The molecule has 0 aliphatic rings. The zero-order valence-electron chi connectivity index (χ0n) is 19.9. The Balaban J connectivity index is 1.75. The second kappa shape index (κ2) is 12.0. The molecule has 4 rings (SSSR count). The van der Waals surface area contributed by atoms with Gasteiger partial charge in [-0.05, 0) is 60.2 Å². The van der Waals surface area contributed by atoms with Crippen molar-refractivity contribution in [3.05, 3.63) is 109 Å². The number of benzene rings is 4. The molecular formula is C29H25NO6S. The van der Waals surface area contributed by atoms with Crippen LogP contribution < -0.4 is 10.1 Å². The molecule has 0 fully saturated rings. The van der Waals surface area contributed by atoms with Crippen molar-refractivity contribution < 1.29 is 29.3 Å². The van der Waals surface area contributed by atoms with Crippen molar-refractivity contribution in [3.63, 3.8) is 0 Å². The van der Waals surface area contributed by atoms with E-state index in [-0.39, 0.29) is 5.75 Å². The van der Waals surface area contributed by atoms with E-state index < -0.39 is 24.3 Å². The monoisotopic (exact) mass is 515 g/mol. The van der Waals surface area contributed by atoms with Crippen LogP contribution in [0, 0.1) is 0 Å². The van der Waals surface area contributed by atoms with Crippen LogP contribution in [0.2, 0.25) is 0 Å². The molecule has 2 atom stereocenters. The van der Waals surface area contributed by atoms with E-state index in [1.54, 1.807) is 78.5 Å². The first-order valence-electron chi connectivity index (χ1n) is 11.4. The molecule has 0 spiro atoms. The van der Waals surface area contributed by atoms with Crippen LogP contribution in [-0.4, -0.2) is 34.6 Å². The molecule has 0 aliphatic carbocycles. The lowest BCUT2D eigenvalue weighted by molar-refractivity contribution is -0.131. The predicted molar refractivity (Wildman–Crippen MR) is 144 cm³/mol. The fourth-order valence-corrected chi connectivity index (χ4v) is 4.24. The molecule has 4 aromatic carbocycles. The van der Waals surface area contributed by atoms with Gasteiger partial charge in [0.1, 0.15) is 11.5 Å². The highest BCUT2D eigenvalue weighted by Gasteiger charge is 2.30. The summed E-state index contributed by atoms with van der Waals surface area (Å²) in [5.41, 5.74) is 1.08. The number of carboxylic acids is 1. The third-order valence-corrected chi connectivity index (χ3v) is 6.30. The number of nitrogens with one attached hydrogen (secondary N) is 1. The summed E-state index contributed by atoms with van der Waals surface area (Å²) in [7, 11) is 0. The number of carbonyl (C=O) groups is 2. The van der Waals surface area contributed by atoms with E-state index in [0.29, 0.717) is 27.8 Å². The standard InChI is InChI=1S/C29H25NO6S/c1-37-21-13-11-19(12-14-21)30-29(34)36-28(24-15-16-25(31)23-10-6-5-9-22(23)24)26(17-18-27(32)33)35-20-7-3-2-4-8-20/h2-18,26,28,31H,1H3,(H,30,34)(H,32,33)/b18-17+/t26-,28-/m0/s1. The van der Waals surface area contributed by atoms with Gasteiger partial charge in [-0.2, -0.15) is 0 Å². The molecule has 0 unspecified atom stereocenters. The number of aliphatic carboxylic acids is 1. The zero-order chi connectivity index (χ0) is 26.2. The number of carbonyl (C=O) groups excluding carboxylic acids is 1. The van der Waals surface area contributed by atoms with Crippen LogP contribution in [0.4, 0.5) is 10.5 Å². The minimum Gasteiger partial charge on any atom is -0.507 e. The number of hydrogen-bond acceptors (Lipinski definition) is 6. The number of phenolic OH excluding ortho intramolecular Hbond substituents is 1. The molecule has 188 valence electrons. The van der Waals surface area contributed by atoms with Crippen LogP contribution >= 0.6 is 11.8 Å². The Hall–Kier alpha value is -4.43. The first-order valence-corrected chi connectivity index (χ1v) is 12.6. The van der Waals surface area contributed by atoms with Crippen molar-refractivity contribution in [3.8, 4) is 11.5 Å². The lowest BCUT2D eigenvalue weighted by Crippen LogP contribution is -2.30. The zero-order valence-corrected chi connectivity index (χ0v) is 20.7. The first kappa shape index (κ1) is 25.7. The van der Waals surface area contributed by atoms with E-state index in [1.807, 2.05) is 24.5 Å². The Morgan fingerprint density at radius 1 is 0.892 bits per heavy atom. The summed E-state index contributed by atoms with van der Waals surface area (Å²) >= 11 is 1.58. The van der Waals surface area contributed by atoms with Crippen molar-refractivity contribution in [2.75, 3.05) is 11.6 Å². The van der Waals surface area contributed by atoms with Crippen molar-refractivity contribution in [2.24, 2.45) is 0 Å². The number of anilines is 1. The molecule has 8 heteroatoms. The molecule has 0 saturated heterocycles. The average molecular weight is 516 g/mol. The average Bonchev–Trinajstić information content (AvgIpc) is 2.91. The Bertz CT molecular complexity index is 1410. The summed E-state index contributed by atoms with van der Waals surface area (Å²) in [5.74, 6) is -0.639. The lowest BCUT2D eigenvalue weighted by atomic mass is 9.96. The SMILES string of the molecule is CSc1ccc(NC(=O)O[C@@H](c2ccc(O)c3ccccc23)[C@H](/C=C/C(=O)O)Oc2ccccc2)cc1. The first-order chi connectivity index (χ1) is 17.9. The smallest absolute Gasteiger partial charge is 0.412 e. The highest BCUT2D eigenvalue weighted by atomic mass is 32.2. The van der Waals surface area contributed by atoms with Gasteiger partial charge in [-0.25, -0.2) is 9.59 Å². The van der Waals surface area contributed by atoms with Crippen molar-refractivity contribution >= 4 is 40.3 Å². The largest absolute Gasteiger partial charge is 0.507 e. The molecule has 1 amide bonds. The van der Waals surface area contributed by atoms with Crippen molar-refractivity contribution in [2.45, 2.75) is 17.1 Å². The van der Waals surface area contributed by atoms with Crippen LogP contribution in [0.25, 0.3) is 10.8 Å². The quantitative estimate of drug-likeness (QED) is 0.169. The minimum absolute atomic E-state index is 0.0676. The molecule has 37 heavy (non-hydrogen) atoms. The topological polar surface area (TPSA) is 105 Å². The normalized spacial score (nSPS) is 12.7. The Kier molecular flexibility index (Phi) is 8.33. The molecule has 0 radical (unpaired) electrons. The molecule has 3 N–H and O–H groups in total. The number of thioether (sulfide) groups is 1. The molecule has 4 aromatic rings. The van der Waals surface area contributed by atoms with Crippen LogP contribution in [0.5, 0.6) is 11.5 Å². The van der Waals surface area contributed by atoms with Gasteiger partial charge in [0.2, 0.25) is 0 Å². The maximum absolute atomic E-state index is 13.1. The number of fused-ring (bicyclic) bond motifs is 1. The van der Waals surface area contributed by atoms with E-state index in [2.05, 4.69) is 5.32 Å². The van der Waals surface area contributed by atoms with Crippen molar-refractivity contribution in [1.82, 2.24) is 0 Å². The van der Waals surface area contributed by atoms with Gasteiger partial charge in [-0.3, -0.25) is 5.32 Å². The van der Waals surface area contributed by atoms with Gasteiger partial charge in [0.15, 0.2) is 12.2 Å². The summed E-state index contributed by atoms with van der Waals surface area (Å²) in [6, 6.07) is 26.4. The van der Waals surface area contributed by atoms with Gasteiger partial charge >= 0.3 is 12.1 Å². The Morgan fingerprint density at radius 3 is 2.24 bits per heavy atom. The number of carboxylic acid groups (broad SMARTS) is 1. The predicted octanol–water partition coefficient (Wildman–Crippen LogP) is 6.65. The molecule has 0 aromatic heterocycles. The Morgan fingerprint density at radius 2 is 1.57 bits per heavy atom. The maximum atomic E-state index is 13.1. The number of ether oxygens (including phenoxy) is 2. The van der Waals surface area contributed by atoms with E-state index in [4.69, 9.17) is 9.47 Å². The van der Waals surface area contributed by atoms with E-state index in [9.17, 15) is 19.8 Å². The van der Waals surface area contributed by atoms with Crippen molar-refractivity contribution in [1.29, 1.82) is 0 Å². The van der Waals surface area contributed by atoms with Gasteiger partial charge in [-0.1, -0.05) is 48.5 Å². The third kappa shape index (κ3) is 6.62. The third-order valence-electron chi connectivity index (χ3n) is 5.55. The number of rotatable bonds is 9. The Labute approximate surface area is 218 Å². The van der Waals surface area contributed by atoms with E-state index >= 15 is 0 Å². The van der Waals surface area contributed by atoms with Crippen LogP contribution in [0.1, 0.15) is 11.7 Å². The molecule has 0 aliphatic heterocycles. The molecule has 0 bridgehead atoms. The molecular weight excluding hydrogens is 490 g/mol. The highest BCUT2D eigenvalue weighted by Crippen LogP contribution is 2.36. The van der Waals surface area contributed by atoms with E-state index in [1.165, 1.54) is 12.1 Å². The summed E-state index contributed by atoms with van der Waals surface area (Å²) in [5, 5.41) is 23.6. The highest BCUT2D eigenvalue weighted by molar-refractivity contribution is 7.98. The van der Waals surface area contributed by atoms with Gasteiger partial charge in [0.25, 0.3) is 0 Å². The number of para-hydroxylation sites is 1. The molecule has 7 nitrogen and oxygen atoms in total. The summed E-state index contributed by atoms with van der Waals surface area (Å²) < 4.78 is 12.0. The molecule has 0 heterocycles. The van der Waals surface area contributed by atoms with Gasteiger partial charge < -0.3 is 19.7 Å². The number of hydrogen-bond donors (Lipinski definition) is 3. The lowest BCUT2D eigenvalue weighted by Gasteiger charge is -2.27. The molecule has 0 saturated carbocycles. The van der Waals surface area contributed by atoms with Gasteiger partial charge in [0.05, 0.1) is 0 Å². The second-order valence-corrected chi connectivity index (χ2v) is 8.87. The summed E-state index contributed by atoms with van der Waals surface area (Å²) in [6.07, 6.45) is 1.43. The minimum atomic E-state index is -1.17. The maximum Gasteiger partial charge on any atom is 0.412 e. The fraction of sp³-hybridized carbons (Fsp3) is 0.103. The summed E-state index contributed by atoms with van der Waals surface area (Å²) in [6.45, 7) is 0. The number of amides is 1. The van der Waals surface area contributed by atoms with E-state index in [0.717, 1.165) is 11.0 Å².